The quantitative estimate of drug-likeness (QED) is 0.109. The number of aromatic nitrogens is 6. The van der Waals surface area contributed by atoms with Gasteiger partial charge in [-0.05, 0) is 112 Å². The van der Waals surface area contributed by atoms with Crippen LogP contribution in [-0.4, -0.2) is 55.8 Å². The third-order valence-corrected chi connectivity index (χ3v) is 19.3. The molecule has 1 saturated heterocycles. The maximum atomic E-state index is 6.59. The Morgan fingerprint density at radius 1 is 0.330 bits per heavy atom. The molecule has 0 bridgehead atoms. The van der Waals surface area contributed by atoms with Crippen LogP contribution >= 0.6 is 11.6 Å². The van der Waals surface area contributed by atoms with Crippen LogP contribution in [0.1, 0.15) is 35.1 Å². The van der Waals surface area contributed by atoms with Gasteiger partial charge in [0.05, 0.1) is 61.6 Å². The van der Waals surface area contributed by atoms with Crippen molar-refractivity contribution in [3.8, 4) is 67.8 Å². The van der Waals surface area contributed by atoms with E-state index in [1.807, 2.05) is 127 Å². The summed E-state index contributed by atoms with van der Waals surface area (Å²) in [5.74, 6) is 0.622. The van der Waals surface area contributed by atoms with Crippen molar-refractivity contribution in [1.29, 1.82) is 0 Å². The fraction of sp³-hybridized carbons (Fsp3) is 0.0805. The third-order valence-electron chi connectivity index (χ3n) is 19.1. The number of nitrogens with zero attached hydrogens (tertiary/aromatic N) is 6. The zero-order chi connectivity index (χ0) is 66.1. The van der Waals surface area contributed by atoms with Gasteiger partial charge in [0.1, 0.15) is 22.3 Å². The second-order valence-corrected chi connectivity index (χ2v) is 26.0. The molecule has 19 rings (SSSR count). The highest BCUT2D eigenvalue weighted by atomic mass is 35.5. The Labute approximate surface area is 586 Å². The number of rotatable bonds is 8. The van der Waals surface area contributed by atoms with Gasteiger partial charge in [0, 0.05) is 90.6 Å². The first-order valence-electron chi connectivity index (χ1n) is 32.9. The molecule has 0 unspecified atom stereocenters. The summed E-state index contributed by atoms with van der Waals surface area (Å²) in [4.78, 5) is 18.9. The smallest absolute Gasteiger partial charge is 0.456 e. The van der Waals surface area contributed by atoms with Crippen LogP contribution in [-0.2, 0) is 9.31 Å². The van der Waals surface area contributed by atoms with E-state index in [9.17, 15) is 0 Å². The van der Waals surface area contributed by atoms with Crippen molar-refractivity contribution in [2.24, 2.45) is 0 Å². The molecule has 0 spiro atoms. The van der Waals surface area contributed by atoms with Gasteiger partial charge >= 0.3 is 7.12 Å². The Morgan fingerprint density at radius 2 is 0.640 bits per heavy atom. The first-order chi connectivity index (χ1) is 48.0. The topological polar surface area (TPSA) is 106 Å². The number of fused-ring (bicyclic) bond motifs is 12. The number of halogens is 1. The van der Waals surface area contributed by atoms with Crippen molar-refractivity contribution in [3.05, 3.63) is 309 Å². The van der Waals surface area contributed by atoms with Gasteiger partial charge in [0.15, 0.2) is 5.82 Å². The number of para-hydroxylation sites is 6. The summed E-state index contributed by atoms with van der Waals surface area (Å²) >= 11 is 6.03. The first kappa shape index (κ1) is 64.3. The van der Waals surface area contributed by atoms with Crippen LogP contribution in [0.3, 0.4) is 0 Å². The molecule has 7 heterocycles. The normalized spacial score (nSPS) is 13.2. The Hall–Kier alpha value is -11.7. The van der Waals surface area contributed by atoms with E-state index in [0.29, 0.717) is 5.82 Å². The van der Waals surface area contributed by atoms with Crippen LogP contribution < -0.4 is 5.46 Å². The minimum absolute atomic E-state index is 0. The Balaban J connectivity index is 0.000000130. The highest BCUT2D eigenvalue weighted by Crippen LogP contribution is 2.43. The Morgan fingerprint density at radius 3 is 1.03 bits per heavy atom. The average molecular weight is 1320 g/mol. The second-order valence-electron chi connectivity index (χ2n) is 25.6. The van der Waals surface area contributed by atoms with E-state index in [2.05, 4.69) is 223 Å². The monoisotopic (exact) mass is 1320 g/mol. The van der Waals surface area contributed by atoms with Crippen LogP contribution in [0.4, 0.5) is 0 Å². The van der Waals surface area contributed by atoms with Crippen molar-refractivity contribution < 1.29 is 18.1 Å². The van der Waals surface area contributed by atoms with Gasteiger partial charge in [-0.3, -0.25) is 0 Å². The molecule has 100 heavy (non-hydrogen) atoms. The lowest BCUT2D eigenvalue weighted by molar-refractivity contribution is 0.00578. The van der Waals surface area contributed by atoms with Crippen LogP contribution in [0.25, 0.3) is 155 Å². The summed E-state index contributed by atoms with van der Waals surface area (Å²) in [6.07, 6.45) is 0. The fourth-order valence-corrected chi connectivity index (χ4v) is 13.8. The van der Waals surface area contributed by atoms with E-state index in [0.717, 1.165) is 122 Å². The van der Waals surface area contributed by atoms with Gasteiger partial charge < -0.3 is 27.3 Å². The van der Waals surface area contributed by atoms with Gasteiger partial charge in [-0.1, -0.05) is 238 Å². The fourth-order valence-electron chi connectivity index (χ4n) is 13.6. The van der Waals surface area contributed by atoms with Gasteiger partial charge in [0.2, 0.25) is 5.28 Å². The number of hydrogen-bond acceptors (Lipinski definition) is 8. The maximum Gasteiger partial charge on any atom is 0.498 e. The van der Waals surface area contributed by atoms with E-state index < -0.39 is 18.3 Å². The summed E-state index contributed by atoms with van der Waals surface area (Å²) in [7, 11) is -0.531. The van der Waals surface area contributed by atoms with Crippen LogP contribution in [0.5, 0.6) is 0 Å². The molecule has 0 aliphatic carbocycles. The molecule has 1 aliphatic heterocycles. The summed E-state index contributed by atoms with van der Waals surface area (Å²) in [6.45, 7) is 8.33. The van der Waals surface area contributed by atoms with E-state index in [-0.39, 0.29) is 21.1 Å². The van der Waals surface area contributed by atoms with E-state index in [4.69, 9.17) is 39.7 Å². The molecule has 13 heteroatoms. The van der Waals surface area contributed by atoms with Crippen LogP contribution in [0.15, 0.2) is 312 Å². The van der Waals surface area contributed by atoms with Crippen molar-refractivity contribution >= 4 is 120 Å². The number of benzene rings is 12. The molecular weight excluding hydrogens is 1250 g/mol. The minimum Gasteiger partial charge on any atom is -0.456 e. The minimum atomic E-state index is -0.531. The molecule has 1 aliphatic rings. The van der Waals surface area contributed by atoms with E-state index in [1.165, 1.54) is 32.6 Å². The molecule has 0 saturated carbocycles. The molecule has 0 amide bonds. The molecule has 3 radical (unpaired) electrons. The van der Waals surface area contributed by atoms with E-state index in [1.54, 1.807) is 0 Å². The molecule has 18 aromatic rings. The lowest BCUT2D eigenvalue weighted by atomic mass is 9.77. The van der Waals surface area contributed by atoms with Crippen molar-refractivity contribution in [2.45, 2.75) is 46.3 Å². The zero-order valence-corrected chi connectivity index (χ0v) is 55.5. The Kier molecular flexibility index (Phi) is 16.9. The average Bonchev–Trinajstić information content (AvgIpc) is 1.65. The molecule has 12 aromatic carbocycles. The standard InChI is InChI=1S/C40H25N3O.C30H26BNO3.C16H11ClN2.CH4.B/c1-3-13-26(14-4-1)34-25-35(27-15-5-2-6-16-27)42-40(41-34)33-24-28(23-32-31-19-9-12-22-38(31)44-39(32)33)43-36-20-10-7-17-29(36)30-18-8-11-21-37(30)43;1-29(2)30(3,4)35-31(34-29)24-18-19(17-23-22-13-7-10-16-27(22)33-28(23)24)32-25-14-8-5-11-20(25)21-12-6-9-15-26(21)32;17-16-18-14(12-7-3-1-4-8-12)11-15(19-16)13-9-5-2-6-10-13;;/h1-25H;5-18H,1-4H3;1-11H;1H4;. The van der Waals surface area contributed by atoms with Gasteiger partial charge in [0.25, 0.3) is 0 Å². The van der Waals surface area contributed by atoms with E-state index >= 15 is 0 Å². The summed E-state index contributed by atoms with van der Waals surface area (Å²) in [5.41, 5.74) is 18.4. The molecular formula is C87H66B2ClN6O4. The maximum absolute atomic E-state index is 6.59. The summed E-state index contributed by atoms with van der Waals surface area (Å²) in [6, 6.07) is 104. The molecule has 10 nitrogen and oxygen atoms in total. The predicted octanol–water partition coefficient (Wildman–Crippen LogP) is 22.2. The molecule has 481 valence electrons. The SMILES string of the molecule is C.CC1(C)OB(c2cc(-n3c4ccccc4c4ccccc43)cc3c2oc2ccccc23)OC1(C)C.Clc1nc(-c2ccccc2)cc(-c2ccccc2)n1.[B].c1ccc(-c2cc(-c3ccccc3)nc(-c3cc(-n4c5ccccc5c5ccccc54)cc4c3oc3ccccc34)n2)cc1. The lowest BCUT2D eigenvalue weighted by Crippen LogP contribution is -2.41. The largest absolute Gasteiger partial charge is 0.498 e. The first-order valence-corrected chi connectivity index (χ1v) is 33.3. The van der Waals surface area contributed by atoms with Gasteiger partial charge in [-0.25, -0.2) is 19.9 Å². The summed E-state index contributed by atoms with van der Waals surface area (Å²) < 4.78 is 30.7. The summed E-state index contributed by atoms with van der Waals surface area (Å²) in [5, 5.41) is 9.41. The zero-order valence-electron chi connectivity index (χ0n) is 54.7. The molecule has 0 N–H and O–H groups in total. The molecule has 1 fully saturated rings. The van der Waals surface area contributed by atoms with Crippen LogP contribution in [0, 0.1) is 0 Å². The van der Waals surface area contributed by atoms with Crippen molar-refractivity contribution in [2.75, 3.05) is 0 Å². The van der Waals surface area contributed by atoms with Crippen molar-refractivity contribution in [1.82, 2.24) is 29.1 Å². The molecule has 6 aromatic heterocycles. The molecule has 0 atom stereocenters. The Bertz CT molecular complexity index is 5820. The second kappa shape index (κ2) is 26.3. The number of hydrogen-bond donors (Lipinski definition) is 0. The highest BCUT2D eigenvalue weighted by Gasteiger charge is 2.52. The number of furan rings is 2. The van der Waals surface area contributed by atoms with Crippen LogP contribution in [0.2, 0.25) is 5.28 Å². The van der Waals surface area contributed by atoms with Crippen molar-refractivity contribution in [3.63, 3.8) is 0 Å². The highest BCUT2D eigenvalue weighted by molar-refractivity contribution is 6.65. The lowest BCUT2D eigenvalue weighted by Gasteiger charge is -2.32. The van der Waals surface area contributed by atoms with Gasteiger partial charge in [-0.2, -0.15) is 0 Å². The van der Waals surface area contributed by atoms with Gasteiger partial charge in [-0.15, -0.1) is 0 Å². The third kappa shape index (κ3) is 11.5. The predicted molar refractivity (Wildman–Crippen MR) is 414 cm³/mol.